The molecule has 0 aliphatic rings. The first-order valence-corrected chi connectivity index (χ1v) is 6.20. The summed E-state index contributed by atoms with van der Waals surface area (Å²) in [7, 11) is 0. The lowest BCUT2D eigenvalue weighted by Gasteiger charge is -2.25. The second-order valence-electron chi connectivity index (χ2n) is 5.56. The number of hydrogen-bond donors (Lipinski definition) is 2. The van der Waals surface area contributed by atoms with Crippen LogP contribution in [-0.4, -0.2) is 32.7 Å². The van der Waals surface area contributed by atoms with Crippen LogP contribution < -0.4 is 5.73 Å². The third-order valence-electron chi connectivity index (χ3n) is 2.83. The highest BCUT2D eigenvalue weighted by atomic mass is 16.3. The quantitative estimate of drug-likeness (QED) is 0.726. The number of aromatic nitrogens is 3. The van der Waals surface area contributed by atoms with Crippen LogP contribution in [-0.2, 0) is 13.0 Å². The molecular weight excluding hydrogens is 216 g/mol. The Kier molecular flexibility index (Phi) is 5.08. The lowest BCUT2D eigenvalue weighted by Crippen LogP contribution is -2.30. The maximum atomic E-state index is 9.96. The van der Waals surface area contributed by atoms with Gasteiger partial charge in [-0.2, -0.15) is 0 Å². The van der Waals surface area contributed by atoms with E-state index in [0.29, 0.717) is 6.54 Å². The van der Waals surface area contributed by atoms with E-state index in [2.05, 4.69) is 10.3 Å². The van der Waals surface area contributed by atoms with Crippen LogP contribution in [0.25, 0.3) is 0 Å². The molecule has 1 unspecified atom stereocenters. The van der Waals surface area contributed by atoms with Crippen molar-refractivity contribution in [2.24, 2.45) is 11.1 Å². The summed E-state index contributed by atoms with van der Waals surface area (Å²) >= 11 is 0. The molecular formula is C12H24N4O. The minimum Gasteiger partial charge on any atom is -0.391 e. The summed E-state index contributed by atoms with van der Waals surface area (Å²) in [6.07, 6.45) is 4.45. The topological polar surface area (TPSA) is 77.0 Å². The molecule has 17 heavy (non-hydrogen) atoms. The van der Waals surface area contributed by atoms with Gasteiger partial charge in [-0.05, 0) is 31.2 Å². The average molecular weight is 240 g/mol. The molecule has 1 rings (SSSR count). The minimum atomic E-state index is -0.416. The SMILES string of the molecule is CC(C)(C)C(O)Cn1cc(CCCCN)nn1. The third-order valence-corrected chi connectivity index (χ3v) is 2.83. The molecule has 1 heterocycles. The second-order valence-corrected chi connectivity index (χ2v) is 5.56. The van der Waals surface area contributed by atoms with E-state index in [9.17, 15) is 5.11 Å². The molecule has 0 fully saturated rings. The van der Waals surface area contributed by atoms with Crippen molar-refractivity contribution in [2.45, 2.75) is 52.7 Å². The Bertz CT molecular complexity index is 329. The fraction of sp³-hybridized carbons (Fsp3) is 0.833. The number of aryl methyl sites for hydroxylation is 1. The Balaban J connectivity index is 2.45. The molecule has 0 amide bonds. The zero-order valence-corrected chi connectivity index (χ0v) is 11.1. The summed E-state index contributed by atoms with van der Waals surface area (Å²) in [5, 5.41) is 18.1. The minimum absolute atomic E-state index is 0.133. The van der Waals surface area contributed by atoms with Gasteiger partial charge in [0, 0.05) is 6.20 Å². The Morgan fingerprint density at radius 1 is 1.41 bits per heavy atom. The molecule has 3 N–H and O–H groups in total. The fourth-order valence-corrected chi connectivity index (χ4v) is 1.44. The van der Waals surface area contributed by atoms with Crippen molar-refractivity contribution in [2.75, 3.05) is 6.54 Å². The van der Waals surface area contributed by atoms with E-state index in [4.69, 9.17) is 5.73 Å². The summed E-state index contributed by atoms with van der Waals surface area (Å²) in [6, 6.07) is 0. The normalized spacial score (nSPS) is 13.9. The number of nitrogens with zero attached hydrogens (tertiary/aromatic N) is 3. The first kappa shape index (κ1) is 14.1. The number of aliphatic hydroxyl groups is 1. The van der Waals surface area contributed by atoms with Gasteiger partial charge in [0.2, 0.25) is 0 Å². The van der Waals surface area contributed by atoms with Crippen molar-refractivity contribution in [3.8, 4) is 0 Å². The predicted molar refractivity (Wildman–Crippen MR) is 67.5 cm³/mol. The largest absolute Gasteiger partial charge is 0.391 e. The van der Waals surface area contributed by atoms with Gasteiger partial charge in [-0.15, -0.1) is 5.10 Å². The molecule has 0 radical (unpaired) electrons. The highest BCUT2D eigenvalue weighted by Gasteiger charge is 2.22. The number of aliphatic hydroxyl groups excluding tert-OH is 1. The van der Waals surface area contributed by atoms with Crippen molar-refractivity contribution in [1.29, 1.82) is 0 Å². The summed E-state index contributed by atoms with van der Waals surface area (Å²) in [5.74, 6) is 0. The maximum Gasteiger partial charge on any atom is 0.0827 e. The van der Waals surface area contributed by atoms with Gasteiger partial charge in [-0.3, -0.25) is 0 Å². The zero-order valence-electron chi connectivity index (χ0n) is 11.1. The van der Waals surface area contributed by atoms with Crippen LogP contribution in [0, 0.1) is 5.41 Å². The van der Waals surface area contributed by atoms with Crippen LogP contribution in [0.4, 0.5) is 0 Å². The smallest absolute Gasteiger partial charge is 0.0827 e. The molecule has 98 valence electrons. The molecule has 0 aliphatic heterocycles. The van der Waals surface area contributed by atoms with Crippen LogP contribution in [0.3, 0.4) is 0 Å². The molecule has 0 bridgehead atoms. The van der Waals surface area contributed by atoms with Gasteiger partial charge in [0.1, 0.15) is 0 Å². The second kappa shape index (κ2) is 6.12. The highest BCUT2D eigenvalue weighted by Crippen LogP contribution is 2.20. The number of hydrogen-bond acceptors (Lipinski definition) is 4. The van der Waals surface area contributed by atoms with Crippen molar-refractivity contribution >= 4 is 0 Å². The van der Waals surface area contributed by atoms with E-state index < -0.39 is 6.10 Å². The van der Waals surface area contributed by atoms with Gasteiger partial charge >= 0.3 is 0 Å². The van der Waals surface area contributed by atoms with Gasteiger partial charge in [0.15, 0.2) is 0 Å². The Hall–Kier alpha value is -0.940. The molecule has 5 nitrogen and oxygen atoms in total. The molecule has 0 spiro atoms. The first-order valence-electron chi connectivity index (χ1n) is 6.20. The Morgan fingerprint density at radius 2 is 2.12 bits per heavy atom. The van der Waals surface area contributed by atoms with Gasteiger partial charge in [-0.1, -0.05) is 26.0 Å². The van der Waals surface area contributed by atoms with Gasteiger partial charge < -0.3 is 10.8 Å². The van der Waals surface area contributed by atoms with Crippen LogP contribution in [0.2, 0.25) is 0 Å². The summed E-state index contributed by atoms with van der Waals surface area (Å²) in [4.78, 5) is 0. The maximum absolute atomic E-state index is 9.96. The van der Waals surface area contributed by atoms with E-state index in [-0.39, 0.29) is 5.41 Å². The van der Waals surface area contributed by atoms with Crippen molar-refractivity contribution in [3.63, 3.8) is 0 Å². The predicted octanol–water partition coefficient (Wildman–Crippen LogP) is 0.966. The fourth-order valence-electron chi connectivity index (χ4n) is 1.44. The lowest BCUT2D eigenvalue weighted by atomic mass is 9.89. The summed E-state index contributed by atoms with van der Waals surface area (Å²) < 4.78 is 1.72. The highest BCUT2D eigenvalue weighted by molar-refractivity contribution is 4.92. The van der Waals surface area contributed by atoms with Crippen LogP contribution in [0.5, 0.6) is 0 Å². The third kappa shape index (κ3) is 4.83. The van der Waals surface area contributed by atoms with Gasteiger partial charge in [0.25, 0.3) is 0 Å². The molecule has 1 aromatic rings. The molecule has 0 saturated carbocycles. The van der Waals surface area contributed by atoms with Gasteiger partial charge in [0.05, 0.1) is 18.3 Å². The van der Waals surface area contributed by atoms with Crippen molar-refractivity contribution in [1.82, 2.24) is 15.0 Å². The van der Waals surface area contributed by atoms with Crippen LogP contribution >= 0.6 is 0 Å². The van der Waals surface area contributed by atoms with E-state index in [1.54, 1.807) is 4.68 Å². The molecule has 5 heteroatoms. The molecule has 1 aromatic heterocycles. The zero-order chi connectivity index (χ0) is 12.9. The molecule has 1 atom stereocenters. The van der Waals surface area contributed by atoms with Crippen molar-refractivity contribution in [3.05, 3.63) is 11.9 Å². The Labute approximate surface area is 103 Å². The molecule has 0 aromatic carbocycles. The van der Waals surface area contributed by atoms with Crippen LogP contribution in [0.1, 0.15) is 39.3 Å². The van der Waals surface area contributed by atoms with Gasteiger partial charge in [-0.25, -0.2) is 4.68 Å². The summed E-state index contributed by atoms with van der Waals surface area (Å²) in [6.45, 7) is 7.24. The number of nitrogens with two attached hydrogens (primary N) is 1. The standard InChI is InChI=1S/C12H24N4O/c1-12(2,3)11(17)9-16-8-10(14-15-16)6-4-5-7-13/h8,11,17H,4-7,9,13H2,1-3H3. The first-order chi connectivity index (χ1) is 7.93. The number of rotatable bonds is 6. The monoisotopic (exact) mass is 240 g/mol. The van der Waals surface area contributed by atoms with Crippen molar-refractivity contribution < 1.29 is 5.11 Å². The number of unbranched alkanes of at least 4 members (excludes halogenated alkanes) is 1. The van der Waals surface area contributed by atoms with E-state index in [0.717, 1.165) is 31.5 Å². The lowest BCUT2D eigenvalue weighted by molar-refractivity contribution is 0.0446. The summed E-state index contributed by atoms with van der Waals surface area (Å²) in [5.41, 5.74) is 6.28. The Morgan fingerprint density at radius 3 is 2.71 bits per heavy atom. The molecule has 0 aliphatic carbocycles. The van der Waals surface area contributed by atoms with E-state index >= 15 is 0 Å². The van der Waals surface area contributed by atoms with E-state index in [1.165, 1.54) is 0 Å². The average Bonchev–Trinajstić information content (AvgIpc) is 2.65. The van der Waals surface area contributed by atoms with E-state index in [1.807, 2.05) is 27.0 Å². The van der Waals surface area contributed by atoms with Crippen LogP contribution in [0.15, 0.2) is 6.20 Å². The molecule has 0 saturated heterocycles.